The Labute approximate surface area is 135 Å². The minimum absolute atomic E-state index is 0.120. The van der Waals surface area contributed by atoms with Crippen molar-refractivity contribution < 1.29 is 17.9 Å². The average molecular weight is 371 g/mol. The van der Waals surface area contributed by atoms with Gasteiger partial charge in [-0.15, -0.1) is 0 Å². The number of phenols is 1. The number of anilines is 1. The van der Waals surface area contributed by atoms with Crippen molar-refractivity contribution in [2.45, 2.75) is 4.90 Å². The number of halogens is 4. The molecule has 4 nitrogen and oxygen atoms in total. The molecule has 2 rings (SSSR count). The third-order valence-electron chi connectivity index (χ3n) is 2.49. The third kappa shape index (κ3) is 3.35. The van der Waals surface area contributed by atoms with E-state index in [4.69, 9.17) is 34.8 Å². The van der Waals surface area contributed by atoms with Crippen molar-refractivity contribution in [1.29, 1.82) is 0 Å². The van der Waals surface area contributed by atoms with Crippen LogP contribution in [0.2, 0.25) is 15.1 Å². The Balaban J connectivity index is 2.46. The number of sulfonamides is 1. The minimum atomic E-state index is -4.20. The summed E-state index contributed by atoms with van der Waals surface area (Å²) in [6.07, 6.45) is 0. The summed E-state index contributed by atoms with van der Waals surface area (Å²) in [7, 11) is -4.20. The molecule has 0 aliphatic carbocycles. The van der Waals surface area contributed by atoms with Crippen LogP contribution >= 0.6 is 34.8 Å². The highest BCUT2D eigenvalue weighted by molar-refractivity contribution is 7.92. The maximum Gasteiger partial charge on any atom is 0.263 e. The molecule has 9 heteroatoms. The van der Waals surface area contributed by atoms with Crippen LogP contribution in [0.5, 0.6) is 5.75 Å². The fourth-order valence-corrected chi connectivity index (χ4v) is 3.49. The number of nitrogens with one attached hydrogen (secondary N) is 1. The molecule has 0 fully saturated rings. The Bertz CT molecular complexity index is 812. The quantitative estimate of drug-likeness (QED) is 0.625. The molecule has 2 aromatic carbocycles. The molecular weight excluding hydrogens is 364 g/mol. The largest absolute Gasteiger partial charge is 0.506 e. The normalized spacial score (nSPS) is 11.4. The first kappa shape index (κ1) is 16.2. The van der Waals surface area contributed by atoms with Crippen molar-refractivity contribution in [3.8, 4) is 5.75 Å². The standard InChI is InChI=1S/C12H7Cl3FNO3S/c13-6-1-3-8(9(18)5-6)17-21(19,20)10-4-2-7(14)12(16)11(10)15/h1-5,17-18H. The van der Waals surface area contributed by atoms with Crippen LogP contribution in [0.1, 0.15) is 0 Å². The van der Waals surface area contributed by atoms with E-state index >= 15 is 0 Å². The zero-order valence-corrected chi connectivity index (χ0v) is 13.2. The van der Waals surface area contributed by atoms with Crippen molar-refractivity contribution in [2.75, 3.05) is 4.72 Å². The molecule has 0 aliphatic heterocycles. The second kappa shape index (κ2) is 5.88. The van der Waals surface area contributed by atoms with Crippen LogP contribution in [0, 0.1) is 5.82 Å². The van der Waals surface area contributed by atoms with Gasteiger partial charge in [0.1, 0.15) is 10.6 Å². The van der Waals surface area contributed by atoms with Gasteiger partial charge in [0, 0.05) is 11.1 Å². The molecule has 2 N–H and O–H groups in total. The van der Waals surface area contributed by atoms with Crippen LogP contribution in [0.25, 0.3) is 0 Å². The second-order valence-electron chi connectivity index (χ2n) is 3.94. The summed E-state index contributed by atoms with van der Waals surface area (Å²) in [5.41, 5.74) is -0.120. The lowest BCUT2D eigenvalue weighted by atomic mass is 10.3. The van der Waals surface area contributed by atoms with Crippen molar-refractivity contribution in [1.82, 2.24) is 0 Å². The van der Waals surface area contributed by atoms with E-state index in [1.807, 2.05) is 0 Å². The fourth-order valence-electron chi connectivity index (χ4n) is 1.51. The van der Waals surface area contributed by atoms with E-state index in [0.717, 1.165) is 18.2 Å². The Kier molecular flexibility index (Phi) is 4.53. The van der Waals surface area contributed by atoms with Gasteiger partial charge < -0.3 is 5.11 Å². The van der Waals surface area contributed by atoms with E-state index in [1.54, 1.807) is 0 Å². The molecule has 0 unspecified atom stereocenters. The maximum atomic E-state index is 13.6. The van der Waals surface area contributed by atoms with Crippen LogP contribution < -0.4 is 4.72 Å². The van der Waals surface area contributed by atoms with Crippen LogP contribution in [0.15, 0.2) is 35.2 Å². The van der Waals surface area contributed by atoms with Crippen LogP contribution in [0.4, 0.5) is 10.1 Å². The van der Waals surface area contributed by atoms with E-state index < -0.39 is 25.8 Å². The van der Waals surface area contributed by atoms with E-state index in [2.05, 4.69) is 4.72 Å². The van der Waals surface area contributed by atoms with Gasteiger partial charge in [-0.1, -0.05) is 34.8 Å². The van der Waals surface area contributed by atoms with Crippen molar-refractivity contribution in [2.24, 2.45) is 0 Å². The van der Waals surface area contributed by atoms with E-state index in [9.17, 15) is 17.9 Å². The summed E-state index contributed by atoms with van der Waals surface area (Å²) in [6, 6.07) is 5.92. The van der Waals surface area contributed by atoms with Crippen LogP contribution in [-0.4, -0.2) is 13.5 Å². The van der Waals surface area contributed by atoms with Crippen molar-refractivity contribution >= 4 is 50.5 Å². The molecule has 0 atom stereocenters. The summed E-state index contributed by atoms with van der Waals surface area (Å²) in [5, 5.41) is 8.92. The topological polar surface area (TPSA) is 66.4 Å². The molecule has 0 spiro atoms. The Morgan fingerprint density at radius 1 is 1.10 bits per heavy atom. The zero-order valence-electron chi connectivity index (χ0n) is 10.1. The van der Waals surface area contributed by atoms with Crippen LogP contribution in [-0.2, 0) is 10.0 Å². The number of hydrogen-bond acceptors (Lipinski definition) is 3. The minimum Gasteiger partial charge on any atom is -0.506 e. The molecule has 0 bridgehead atoms. The van der Waals surface area contributed by atoms with Gasteiger partial charge in [-0.05, 0) is 24.3 Å². The van der Waals surface area contributed by atoms with Crippen LogP contribution in [0.3, 0.4) is 0 Å². The summed E-state index contributed by atoms with van der Waals surface area (Å²) in [4.78, 5) is -0.500. The first-order valence-electron chi connectivity index (χ1n) is 5.37. The number of phenolic OH excluding ortho intramolecular Hbond substituents is 1. The van der Waals surface area contributed by atoms with Gasteiger partial charge in [-0.3, -0.25) is 4.72 Å². The van der Waals surface area contributed by atoms with Gasteiger partial charge in [0.15, 0.2) is 5.82 Å². The molecule has 0 aliphatic rings. The van der Waals surface area contributed by atoms with Gasteiger partial charge in [-0.25, -0.2) is 12.8 Å². The molecule has 0 heterocycles. The van der Waals surface area contributed by atoms with Gasteiger partial charge in [0.2, 0.25) is 0 Å². The highest BCUT2D eigenvalue weighted by atomic mass is 35.5. The molecule has 0 saturated carbocycles. The number of hydrogen-bond donors (Lipinski definition) is 2. The smallest absolute Gasteiger partial charge is 0.263 e. The highest BCUT2D eigenvalue weighted by Crippen LogP contribution is 2.33. The zero-order chi connectivity index (χ0) is 15.8. The Hall–Kier alpha value is -1.21. The third-order valence-corrected chi connectivity index (χ3v) is 4.91. The predicted octanol–water partition coefficient (Wildman–Crippen LogP) is 4.29. The predicted molar refractivity (Wildman–Crippen MR) is 80.3 cm³/mol. The van der Waals surface area contributed by atoms with Gasteiger partial charge in [0.25, 0.3) is 10.0 Å². The lowest BCUT2D eigenvalue weighted by Gasteiger charge is -2.11. The summed E-state index contributed by atoms with van der Waals surface area (Å²) < 4.78 is 40.0. The van der Waals surface area contributed by atoms with Gasteiger partial charge in [0.05, 0.1) is 15.7 Å². The molecule has 0 amide bonds. The first-order chi connectivity index (χ1) is 9.72. The lowest BCUT2D eigenvalue weighted by molar-refractivity contribution is 0.477. The molecule has 2 aromatic rings. The number of aromatic hydroxyl groups is 1. The molecular formula is C12H7Cl3FNO3S. The van der Waals surface area contributed by atoms with E-state index in [-0.39, 0.29) is 21.5 Å². The first-order valence-corrected chi connectivity index (χ1v) is 7.99. The molecule has 0 aromatic heterocycles. The molecule has 21 heavy (non-hydrogen) atoms. The molecule has 0 radical (unpaired) electrons. The SMILES string of the molecule is O=S(=O)(Nc1ccc(Cl)cc1O)c1ccc(Cl)c(F)c1Cl. The van der Waals surface area contributed by atoms with Gasteiger partial charge in [-0.2, -0.15) is 0 Å². The summed E-state index contributed by atoms with van der Waals surface area (Å²) in [6.45, 7) is 0. The highest BCUT2D eigenvalue weighted by Gasteiger charge is 2.23. The molecule has 112 valence electrons. The molecule has 0 saturated heterocycles. The Morgan fingerprint density at radius 2 is 1.76 bits per heavy atom. The number of rotatable bonds is 3. The summed E-state index contributed by atoms with van der Waals surface area (Å²) >= 11 is 16.8. The van der Waals surface area contributed by atoms with Gasteiger partial charge >= 0.3 is 0 Å². The van der Waals surface area contributed by atoms with E-state index in [0.29, 0.717) is 0 Å². The van der Waals surface area contributed by atoms with Crippen molar-refractivity contribution in [3.63, 3.8) is 0 Å². The lowest BCUT2D eigenvalue weighted by Crippen LogP contribution is -2.14. The average Bonchev–Trinajstić information content (AvgIpc) is 2.39. The summed E-state index contributed by atoms with van der Waals surface area (Å²) in [5.74, 6) is -1.42. The monoisotopic (exact) mass is 369 g/mol. The van der Waals surface area contributed by atoms with Crippen molar-refractivity contribution in [3.05, 3.63) is 51.2 Å². The Morgan fingerprint density at radius 3 is 2.38 bits per heavy atom. The maximum absolute atomic E-state index is 13.6. The fraction of sp³-hybridized carbons (Fsp3) is 0. The number of benzene rings is 2. The van der Waals surface area contributed by atoms with E-state index in [1.165, 1.54) is 12.1 Å². The second-order valence-corrected chi connectivity index (χ2v) is 6.81.